The third-order valence-corrected chi connectivity index (χ3v) is 3.57. The van der Waals surface area contributed by atoms with Crippen LogP contribution in [-0.4, -0.2) is 23.3 Å². The van der Waals surface area contributed by atoms with Crippen molar-refractivity contribution in [2.75, 3.05) is 0 Å². The van der Waals surface area contributed by atoms with Crippen molar-refractivity contribution in [3.05, 3.63) is 0 Å². The summed E-state index contributed by atoms with van der Waals surface area (Å²) in [5.74, 6) is 1.10. The monoisotopic (exact) mass is 228 g/mol. The van der Waals surface area contributed by atoms with Gasteiger partial charge in [-0.2, -0.15) is 0 Å². The zero-order valence-electron chi connectivity index (χ0n) is 10.8. The number of carbonyl (C=O) groups is 1. The summed E-state index contributed by atoms with van der Waals surface area (Å²) in [6, 6.07) is 0. The summed E-state index contributed by atoms with van der Waals surface area (Å²) in [4.78, 5) is 11.4. The maximum atomic E-state index is 11.4. The maximum absolute atomic E-state index is 11.4. The molecule has 0 aliphatic heterocycles. The highest BCUT2D eigenvalue weighted by Crippen LogP contribution is 2.35. The number of esters is 1. The van der Waals surface area contributed by atoms with E-state index in [1.165, 1.54) is 13.3 Å². The molecule has 94 valence electrons. The first kappa shape index (κ1) is 13.5. The van der Waals surface area contributed by atoms with Crippen LogP contribution in [0.4, 0.5) is 0 Å². The number of aliphatic hydroxyl groups is 1. The highest BCUT2D eigenvalue weighted by molar-refractivity contribution is 5.74. The van der Waals surface area contributed by atoms with Crippen LogP contribution in [0.5, 0.6) is 0 Å². The molecule has 0 aromatic carbocycles. The van der Waals surface area contributed by atoms with Crippen LogP contribution in [0.25, 0.3) is 0 Å². The average Bonchev–Trinajstić information content (AvgIpc) is 2.16. The smallest absolute Gasteiger partial charge is 0.334 e. The lowest BCUT2D eigenvalue weighted by atomic mass is 9.75. The first-order chi connectivity index (χ1) is 7.41. The lowest BCUT2D eigenvalue weighted by molar-refractivity contribution is -0.164. The largest absolute Gasteiger partial charge is 0.460 e. The molecule has 0 aromatic heterocycles. The van der Waals surface area contributed by atoms with Crippen LogP contribution in [0.2, 0.25) is 0 Å². The Morgan fingerprint density at radius 2 is 1.94 bits per heavy atom. The van der Waals surface area contributed by atoms with Gasteiger partial charge in [0.1, 0.15) is 12.2 Å². The summed E-state index contributed by atoms with van der Waals surface area (Å²) in [6.07, 6.45) is 2.25. The van der Waals surface area contributed by atoms with Crippen molar-refractivity contribution in [3.63, 3.8) is 0 Å². The van der Waals surface area contributed by atoms with Crippen LogP contribution in [-0.2, 0) is 9.53 Å². The van der Waals surface area contributed by atoms with E-state index >= 15 is 0 Å². The quantitative estimate of drug-likeness (QED) is 0.754. The van der Waals surface area contributed by atoms with Gasteiger partial charge in [-0.05, 0) is 37.5 Å². The Labute approximate surface area is 98.2 Å². The summed E-state index contributed by atoms with van der Waals surface area (Å²) in [5.41, 5.74) is 0. The first-order valence-corrected chi connectivity index (χ1v) is 6.30. The minimum atomic E-state index is -1.01. The van der Waals surface area contributed by atoms with Crippen molar-refractivity contribution in [2.24, 2.45) is 17.8 Å². The molecule has 16 heavy (non-hydrogen) atoms. The number of ether oxygens (including phenoxy) is 1. The fourth-order valence-corrected chi connectivity index (χ4v) is 2.50. The van der Waals surface area contributed by atoms with Crippen molar-refractivity contribution >= 4 is 5.97 Å². The number of rotatable bonds is 3. The highest BCUT2D eigenvalue weighted by Gasteiger charge is 2.33. The molecular formula is C13H24O3. The summed E-state index contributed by atoms with van der Waals surface area (Å²) in [6.45, 7) is 7.99. The summed E-state index contributed by atoms with van der Waals surface area (Å²) in [5, 5.41) is 9.17. The lowest BCUT2D eigenvalue weighted by Gasteiger charge is -2.36. The Hall–Kier alpha value is -0.570. The van der Waals surface area contributed by atoms with Gasteiger partial charge in [-0.1, -0.05) is 27.2 Å². The molecule has 0 amide bonds. The zero-order chi connectivity index (χ0) is 12.3. The molecule has 1 N–H and O–H groups in total. The second kappa shape index (κ2) is 5.67. The molecule has 0 aromatic rings. The normalized spacial score (nSPS) is 32.5. The van der Waals surface area contributed by atoms with E-state index in [-0.39, 0.29) is 6.10 Å². The van der Waals surface area contributed by atoms with E-state index in [9.17, 15) is 4.79 Å². The van der Waals surface area contributed by atoms with Gasteiger partial charge in [0.25, 0.3) is 0 Å². The molecule has 1 unspecified atom stereocenters. The minimum absolute atomic E-state index is 0.00847. The Morgan fingerprint density at radius 1 is 1.31 bits per heavy atom. The molecule has 0 bridgehead atoms. The summed E-state index contributed by atoms with van der Waals surface area (Å²) in [7, 11) is 0. The van der Waals surface area contributed by atoms with Gasteiger partial charge in [-0.3, -0.25) is 0 Å². The van der Waals surface area contributed by atoms with Gasteiger partial charge in [0.15, 0.2) is 0 Å². The van der Waals surface area contributed by atoms with E-state index in [4.69, 9.17) is 9.84 Å². The van der Waals surface area contributed by atoms with Gasteiger partial charge in [0, 0.05) is 0 Å². The molecule has 3 nitrogen and oxygen atoms in total. The molecule has 0 heterocycles. The topological polar surface area (TPSA) is 46.5 Å². The molecule has 0 radical (unpaired) electrons. The van der Waals surface area contributed by atoms with Gasteiger partial charge < -0.3 is 9.84 Å². The molecule has 0 spiro atoms. The number of carbonyl (C=O) groups excluding carboxylic acids is 1. The van der Waals surface area contributed by atoms with Gasteiger partial charge in [-0.15, -0.1) is 0 Å². The molecule has 3 heteroatoms. The molecule has 1 saturated carbocycles. The Bertz CT molecular complexity index is 235. The van der Waals surface area contributed by atoms with Crippen LogP contribution in [0.1, 0.15) is 47.0 Å². The molecule has 1 aliphatic rings. The third kappa shape index (κ3) is 3.48. The van der Waals surface area contributed by atoms with E-state index in [1.807, 2.05) is 0 Å². The Balaban J connectivity index is 2.61. The fraction of sp³-hybridized carbons (Fsp3) is 0.923. The van der Waals surface area contributed by atoms with Crippen LogP contribution in [0, 0.1) is 17.8 Å². The summed E-state index contributed by atoms with van der Waals surface area (Å²) < 4.78 is 5.41. The van der Waals surface area contributed by atoms with Crippen molar-refractivity contribution in [2.45, 2.75) is 59.2 Å². The van der Waals surface area contributed by atoms with Crippen LogP contribution in [0.3, 0.4) is 0 Å². The first-order valence-electron chi connectivity index (χ1n) is 6.30. The Kier molecular flexibility index (Phi) is 4.78. The minimum Gasteiger partial charge on any atom is -0.460 e. The van der Waals surface area contributed by atoms with E-state index in [0.29, 0.717) is 17.8 Å². The fourth-order valence-electron chi connectivity index (χ4n) is 2.50. The van der Waals surface area contributed by atoms with Crippen molar-refractivity contribution in [1.29, 1.82) is 0 Å². The molecule has 1 fully saturated rings. The van der Waals surface area contributed by atoms with E-state index in [0.717, 1.165) is 12.8 Å². The van der Waals surface area contributed by atoms with Gasteiger partial charge >= 0.3 is 5.97 Å². The van der Waals surface area contributed by atoms with E-state index in [1.54, 1.807) is 0 Å². The van der Waals surface area contributed by atoms with Gasteiger partial charge in [0.05, 0.1) is 0 Å². The van der Waals surface area contributed by atoms with Crippen LogP contribution >= 0.6 is 0 Å². The standard InChI is InChI=1S/C13H24O3/c1-8(2)11-6-5-9(3)7-12(11)16-13(15)10(4)14/h8-12,14H,5-7H2,1-4H3/t9-,10+,11+,12?/m1/s1. The van der Waals surface area contributed by atoms with Gasteiger partial charge in [0.2, 0.25) is 0 Å². The number of aliphatic hydroxyl groups excluding tert-OH is 1. The molecule has 1 rings (SSSR count). The molecule has 4 atom stereocenters. The number of hydrogen-bond donors (Lipinski definition) is 1. The Morgan fingerprint density at radius 3 is 2.44 bits per heavy atom. The molecule has 0 saturated heterocycles. The highest BCUT2D eigenvalue weighted by atomic mass is 16.6. The summed E-state index contributed by atoms with van der Waals surface area (Å²) >= 11 is 0. The van der Waals surface area contributed by atoms with Crippen LogP contribution in [0.15, 0.2) is 0 Å². The van der Waals surface area contributed by atoms with Crippen molar-refractivity contribution < 1.29 is 14.6 Å². The van der Waals surface area contributed by atoms with Gasteiger partial charge in [-0.25, -0.2) is 4.79 Å². The molecule has 1 aliphatic carbocycles. The van der Waals surface area contributed by atoms with Crippen molar-refractivity contribution in [1.82, 2.24) is 0 Å². The maximum Gasteiger partial charge on any atom is 0.334 e. The molecular weight excluding hydrogens is 204 g/mol. The van der Waals surface area contributed by atoms with Crippen molar-refractivity contribution in [3.8, 4) is 0 Å². The lowest BCUT2D eigenvalue weighted by Crippen LogP contribution is -2.37. The van der Waals surface area contributed by atoms with Crippen LogP contribution < -0.4 is 0 Å². The SMILES string of the molecule is CC(C)[C@@H]1CC[C@@H](C)CC1OC(=O)[C@H](C)O. The second-order valence-corrected chi connectivity index (χ2v) is 5.48. The zero-order valence-corrected chi connectivity index (χ0v) is 10.8. The second-order valence-electron chi connectivity index (χ2n) is 5.48. The third-order valence-electron chi connectivity index (χ3n) is 3.57. The van der Waals surface area contributed by atoms with E-state index < -0.39 is 12.1 Å². The average molecular weight is 228 g/mol. The van der Waals surface area contributed by atoms with E-state index in [2.05, 4.69) is 20.8 Å². The predicted molar refractivity (Wildman–Crippen MR) is 62.9 cm³/mol. The predicted octanol–water partition coefficient (Wildman–Crippen LogP) is 2.37. The number of hydrogen-bond acceptors (Lipinski definition) is 3.